The van der Waals surface area contributed by atoms with Crippen LogP contribution in [-0.2, 0) is 0 Å². The largest absolute Gasteiger partial charge is 0.0769 e. The third-order valence-corrected chi connectivity index (χ3v) is 102. The van der Waals surface area contributed by atoms with Crippen LogP contribution >= 0.6 is 0 Å². The van der Waals surface area contributed by atoms with E-state index in [1.165, 1.54) is 10.7 Å². The van der Waals surface area contributed by atoms with Gasteiger partial charge in [0.05, 0.1) is 0 Å². The Morgan fingerprint density at radius 2 is 1.76 bits per heavy atom. The van der Waals surface area contributed by atoms with Crippen LogP contribution in [0.3, 0.4) is 0 Å². The maximum atomic E-state index is 3.01. The van der Waals surface area contributed by atoms with Gasteiger partial charge in [-0.3, -0.25) is 0 Å². The Hall–Kier alpha value is 1.95. The van der Waals surface area contributed by atoms with Gasteiger partial charge < -0.3 is 0 Å². The third kappa shape index (κ3) is 4.97. The summed E-state index contributed by atoms with van der Waals surface area (Å²) >= 11 is 0. The lowest BCUT2D eigenvalue weighted by Crippen LogP contribution is -2.72. The Morgan fingerprint density at radius 1 is 1.19 bits per heavy atom. The Balaban J connectivity index is 2.76. The summed E-state index contributed by atoms with van der Waals surface area (Å²) in [6.07, 6.45) is 0. The minimum absolute atomic E-state index is 0.144. The maximum Gasteiger partial charge on any atom is 0.0274 e. The Kier molecular flexibility index (Phi) is 8.87. The van der Waals surface area contributed by atoms with Crippen LogP contribution in [0.1, 0.15) is 0 Å². The number of hydrogen-bond donors (Lipinski definition) is 0. The lowest BCUT2D eigenvalue weighted by molar-refractivity contribution is 0.980. The lowest BCUT2D eigenvalue weighted by Gasteiger charge is -2.51. The molecule has 21 heavy (non-hydrogen) atoms. The van der Waals surface area contributed by atoms with E-state index in [1.54, 1.807) is 20.5 Å². The minimum Gasteiger partial charge on any atom is -0.0769 e. The predicted molar refractivity (Wildman–Crippen MR) is 133 cm³/mol. The molecule has 0 bridgehead atoms. The molecule has 126 valence electrons. The summed E-state index contributed by atoms with van der Waals surface area (Å²) in [4.78, 5) is 0. The van der Waals surface area contributed by atoms with E-state index in [4.69, 9.17) is 0 Å². The van der Waals surface area contributed by atoms with Crippen LogP contribution in [-0.4, -0.2) is 78.2 Å². The topological polar surface area (TPSA) is 0 Å². The van der Waals surface area contributed by atoms with Crippen LogP contribution in [0.25, 0.3) is 0 Å². The van der Waals surface area contributed by atoms with Crippen LogP contribution in [0, 0.1) is 0 Å². The highest BCUT2D eigenvalue weighted by atomic mass is 29.9. The minimum atomic E-state index is -0.641. The lowest BCUT2D eigenvalue weighted by atomic mass is 10.5. The van der Waals surface area contributed by atoms with Gasteiger partial charge in [0.25, 0.3) is 0 Å². The monoisotopic (exact) mass is 438 g/mol. The van der Waals surface area contributed by atoms with E-state index in [-0.39, 0.29) is 42.1 Å². The van der Waals surface area contributed by atoms with Crippen molar-refractivity contribution >= 4 is 78.2 Å². The molecule has 0 saturated carbocycles. The molecule has 0 aromatic heterocycles. The first-order valence-corrected chi connectivity index (χ1v) is 35.1. The van der Waals surface area contributed by atoms with Gasteiger partial charge in [-0.2, -0.15) is 0 Å². The van der Waals surface area contributed by atoms with E-state index in [9.17, 15) is 0 Å². The number of hydrogen-bond acceptors (Lipinski definition) is 0. The van der Waals surface area contributed by atoms with Crippen LogP contribution < -0.4 is 0 Å². The average Bonchev–Trinajstić information content (AvgIpc) is 2.42. The quantitative estimate of drug-likeness (QED) is 0.478. The highest BCUT2D eigenvalue weighted by Gasteiger charge is 2.51. The highest BCUT2D eigenvalue weighted by molar-refractivity contribution is 7.80. The van der Waals surface area contributed by atoms with Crippen molar-refractivity contribution in [2.45, 2.75) is 73.9 Å². The smallest absolute Gasteiger partial charge is 0.0274 e. The van der Waals surface area contributed by atoms with E-state index >= 15 is 0 Å². The number of rotatable bonds is 6. The van der Waals surface area contributed by atoms with Crippen molar-refractivity contribution in [1.29, 1.82) is 0 Å². The molecule has 0 aromatic carbocycles. The molecule has 1 saturated heterocycles. The van der Waals surface area contributed by atoms with Gasteiger partial charge in [0, 0.05) is 78.2 Å². The summed E-state index contributed by atoms with van der Waals surface area (Å²) in [6.45, 7) is 19.1. The summed E-state index contributed by atoms with van der Waals surface area (Å²) in [5.41, 5.74) is 5.06. The standard InChI is InChI=1S/C12H42Si9/c1-15-17(3)9-16(2)10-19(5)21(7)18(4)8-11(13)12(14)20(21)6/h11-12,16-20H,8-10,15H2,1-7,13-14H3. The molecule has 1 aliphatic heterocycles. The van der Waals surface area contributed by atoms with Crippen LogP contribution in [0.4, 0.5) is 0 Å². The van der Waals surface area contributed by atoms with E-state index in [0.29, 0.717) is 9.04 Å². The summed E-state index contributed by atoms with van der Waals surface area (Å²) in [5.74, 6) is 0. The Labute approximate surface area is 151 Å². The van der Waals surface area contributed by atoms with Gasteiger partial charge in [-0.1, -0.05) is 73.9 Å². The second-order valence-corrected chi connectivity index (χ2v) is 64.2. The second-order valence-electron chi connectivity index (χ2n) is 9.12. The zero-order valence-electron chi connectivity index (χ0n) is 16.4. The van der Waals surface area contributed by atoms with E-state index in [0.717, 1.165) is 0 Å². The fourth-order valence-corrected chi connectivity index (χ4v) is 121. The predicted octanol–water partition coefficient (Wildman–Crippen LogP) is -0.763. The molecule has 0 amide bonds. The molecule has 0 aromatic rings. The van der Waals surface area contributed by atoms with Gasteiger partial charge in [-0.05, 0) is 0 Å². The third-order valence-electron chi connectivity index (χ3n) is 7.77. The molecule has 1 aliphatic rings. The summed E-state index contributed by atoms with van der Waals surface area (Å²) in [6, 6.07) is 1.82. The molecule has 1 rings (SSSR count). The summed E-state index contributed by atoms with van der Waals surface area (Å²) in [7, 11) is 2.23. The van der Waals surface area contributed by atoms with Gasteiger partial charge in [-0.15, -0.1) is 0 Å². The van der Waals surface area contributed by atoms with Crippen molar-refractivity contribution in [3.05, 3.63) is 0 Å². The molecule has 8 unspecified atom stereocenters. The van der Waals surface area contributed by atoms with Crippen LogP contribution in [0.15, 0.2) is 0 Å². The molecular weight excluding hydrogens is 397 g/mol. The van der Waals surface area contributed by atoms with Crippen molar-refractivity contribution in [2.75, 3.05) is 0 Å². The molecular formula is C12H42Si9. The summed E-state index contributed by atoms with van der Waals surface area (Å²) < 4.78 is 0. The fourth-order valence-electron chi connectivity index (χ4n) is 5.28. The molecule has 0 N–H and O–H groups in total. The molecule has 0 radical (unpaired) electrons. The van der Waals surface area contributed by atoms with Crippen molar-refractivity contribution in [3.8, 4) is 0 Å². The van der Waals surface area contributed by atoms with Crippen molar-refractivity contribution in [1.82, 2.24) is 0 Å². The van der Waals surface area contributed by atoms with Gasteiger partial charge in [0.2, 0.25) is 0 Å². The first kappa shape index (κ1) is 21.0. The molecule has 0 spiro atoms. The van der Waals surface area contributed by atoms with Gasteiger partial charge in [0.15, 0.2) is 0 Å². The normalized spacial score (nSPS) is 42.4. The van der Waals surface area contributed by atoms with Crippen LogP contribution in [0.5, 0.6) is 0 Å². The summed E-state index contributed by atoms with van der Waals surface area (Å²) in [5, 5.41) is 1.38. The average molecular weight is 439 g/mol. The first-order chi connectivity index (χ1) is 9.64. The zero-order chi connectivity index (χ0) is 16.4. The molecule has 1 heterocycles. The van der Waals surface area contributed by atoms with E-state index in [1.807, 2.05) is 17.4 Å². The molecule has 9 heteroatoms. The molecule has 8 atom stereocenters. The Morgan fingerprint density at radius 3 is 2.29 bits per heavy atom. The van der Waals surface area contributed by atoms with Gasteiger partial charge in [0.1, 0.15) is 0 Å². The SMILES string of the molecule is C[SiH2][SiH](C)C[SiH](C)C[SiH](C)[Si]1(C)[SiH](C)CC([SiH3])C([SiH3])[SiH]1C. The van der Waals surface area contributed by atoms with E-state index in [2.05, 4.69) is 45.8 Å². The van der Waals surface area contributed by atoms with Gasteiger partial charge in [-0.25, -0.2) is 0 Å². The highest BCUT2D eigenvalue weighted by Crippen LogP contribution is 2.40. The maximum absolute atomic E-state index is 3.01. The van der Waals surface area contributed by atoms with E-state index < -0.39 is 6.63 Å². The van der Waals surface area contributed by atoms with Crippen molar-refractivity contribution < 1.29 is 0 Å². The van der Waals surface area contributed by atoms with Crippen molar-refractivity contribution in [3.63, 3.8) is 0 Å². The second kappa shape index (κ2) is 8.87. The molecule has 1 fully saturated rings. The van der Waals surface area contributed by atoms with Crippen LogP contribution in [0.2, 0.25) is 73.9 Å². The molecule has 0 aliphatic carbocycles. The fraction of sp³-hybridized carbons (Fsp3) is 1.00. The zero-order valence-corrected chi connectivity index (χ0v) is 28.6. The molecule has 0 nitrogen and oxygen atoms in total. The first-order valence-electron chi connectivity index (χ1n) is 9.64. The Bertz CT molecular complexity index is 328. The van der Waals surface area contributed by atoms with Crippen molar-refractivity contribution in [2.24, 2.45) is 0 Å². The van der Waals surface area contributed by atoms with Gasteiger partial charge >= 0.3 is 0 Å².